The Hall–Kier alpha value is -2.88. The van der Waals surface area contributed by atoms with Gasteiger partial charge in [0.2, 0.25) is 0 Å². The van der Waals surface area contributed by atoms with Crippen molar-refractivity contribution in [2.24, 2.45) is 0 Å². The molecule has 0 bridgehead atoms. The van der Waals surface area contributed by atoms with E-state index >= 15 is 0 Å². The first-order chi connectivity index (χ1) is 12.3. The van der Waals surface area contributed by atoms with E-state index in [0.29, 0.717) is 0 Å². The summed E-state index contributed by atoms with van der Waals surface area (Å²) >= 11 is 4.93. The first-order valence-corrected chi connectivity index (χ1v) is 8.15. The zero-order valence-corrected chi connectivity index (χ0v) is 15.5. The summed E-state index contributed by atoms with van der Waals surface area (Å²) in [5, 5.41) is 5.04. The number of nitrogens with one attached hydrogen (secondary N) is 4. The molecule has 0 aromatic heterocycles. The Kier molecular flexibility index (Phi) is 8.85. The smallest absolute Gasteiger partial charge is 0.408 e. The van der Waals surface area contributed by atoms with E-state index in [9.17, 15) is 14.4 Å². The molecule has 10 heteroatoms. The topological polar surface area (TPSA) is 118 Å². The molecule has 9 nitrogen and oxygen atoms in total. The highest BCUT2D eigenvalue weighted by Gasteiger charge is 2.18. The summed E-state index contributed by atoms with van der Waals surface area (Å²) in [6, 6.07) is 7.60. The SMILES string of the molecule is COC(=O)[C@@H](C)NC(=S)NNC(=O)[C@H](C)NC(=O)OCc1ccccc1. The van der Waals surface area contributed by atoms with Crippen LogP contribution >= 0.6 is 12.2 Å². The Morgan fingerprint density at radius 2 is 1.69 bits per heavy atom. The van der Waals surface area contributed by atoms with E-state index in [1.165, 1.54) is 14.0 Å². The fraction of sp³-hybridized carbons (Fsp3) is 0.375. The molecule has 0 saturated carbocycles. The second-order valence-corrected chi connectivity index (χ2v) is 5.67. The summed E-state index contributed by atoms with van der Waals surface area (Å²) in [7, 11) is 1.25. The summed E-state index contributed by atoms with van der Waals surface area (Å²) in [5.41, 5.74) is 5.56. The second-order valence-electron chi connectivity index (χ2n) is 5.26. The number of benzene rings is 1. The summed E-state index contributed by atoms with van der Waals surface area (Å²) < 4.78 is 9.56. The van der Waals surface area contributed by atoms with Gasteiger partial charge in [-0.3, -0.25) is 15.6 Å². The minimum absolute atomic E-state index is 0.0232. The van der Waals surface area contributed by atoms with Crippen molar-refractivity contribution >= 4 is 35.3 Å². The van der Waals surface area contributed by atoms with Gasteiger partial charge in [-0.2, -0.15) is 0 Å². The molecule has 1 aromatic rings. The number of hydrogen-bond acceptors (Lipinski definition) is 6. The van der Waals surface area contributed by atoms with Crippen molar-refractivity contribution in [2.45, 2.75) is 32.5 Å². The summed E-state index contributed by atoms with van der Waals surface area (Å²) in [5.74, 6) is -1.05. The molecule has 0 aliphatic carbocycles. The first-order valence-electron chi connectivity index (χ1n) is 7.75. The molecule has 142 valence electrons. The number of rotatable bonds is 6. The van der Waals surface area contributed by atoms with Crippen LogP contribution in [0, 0.1) is 0 Å². The van der Waals surface area contributed by atoms with Gasteiger partial charge in [-0.1, -0.05) is 30.3 Å². The van der Waals surface area contributed by atoms with E-state index in [2.05, 4.69) is 26.2 Å². The lowest BCUT2D eigenvalue weighted by Gasteiger charge is -2.18. The third-order valence-electron chi connectivity index (χ3n) is 3.14. The highest BCUT2D eigenvalue weighted by molar-refractivity contribution is 7.80. The van der Waals surface area contributed by atoms with Crippen LogP contribution in [0.4, 0.5) is 4.79 Å². The summed E-state index contributed by atoms with van der Waals surface area (Å²) in [6.07, 6.45) is -0.725. The van der Waals surface area contributed by atoms with Crippen molar-refractivity contribution in [1.82, 2.24) is 21.5 Å². The van der Waals surface area contributed by atoms with Crippen molar-refractivity contribution in [2.75, 3.05) is 7.11 Å². The van der Waals surface area contributed by atoms with Crippen LogP contribution in [0.25, 0.3) is 0 Å². The maximum Gasteiger partial charge on any atom is 0.408 e. The van der Waals surface area contributed by atoms with Crippen LogP contribution in [0.15, 0.2) is 30.3 Å². The third kappa shape index (κ3) is 7.79. The molecule has 4 N–H and O–H groups in total. The predicted molar refractivity (Wildman–Crippen MR) is 97.7 cm³/mol. The fourth-order valence-corrected chi connectivity index (χ4v) is 1.93. The predicted octanol–water partition coefficient (Wildman–Crippen LogP) is 0.358. The van der Waals surface area contributed by atoms with E-state index in [-0.39, 0.29) is 11.7 Å². The van der Waals surface area contributed by atoms with Gasteiger partial charge in [0.05, 0.1) is 7.11 Å². The van der Waals surface area contributed by atoms with Gasteiger partial charge in [0.25, 0.3) is 5.91 Å². The van der Waals surface area contributed by atoms with Crippen molar-refractivity contribution in [3.8, 4) is 0 Å². The van der Waals surface area contributed by atoms with E-state index in [4.69, 9.17) is 17.0 Å². The Morgan fingerprint density at radius 3 is 2.31 bits per heavy atom. The number of alkyl carbamates (subject to hydrolysis) is 1. The van der Waals surface area contributed by atoms with E-state index in [0.717, 1.165) is 5.56 Å². The number of carbonyl (C=O) groups is 3. The zero-order chi connectivity index (χ0) is 19.5. The Labute approximate surface area is 156 Å². The molecule has 0 aliphatic rings. The lowest BCUT2D eigenvalue weighted by atomic mass is 10.2. The Bertz CT molecular complexity index is 641. The molecule has 0 spiro atoms. The molecule has 0 fully saturated rings. The number of methoxy groups -OCH3 is 1. The summed E-state index contributed by atoms with van der Waals surface area (Å²) in [4.78, 5) is 34.9. The largest absolute Gasteiger partial charge is 0.467 e. The summed E-state index contributed by atoms with van der Waals surface area (Å²) in [6.45, 7) is 3.13. The van der Waals surface area contributed by atoms with Gasteiger partial charge in [-0.15, -0.1) is 0 Å². The van der Waals surface area contributed by atoms with E-state index in [1.54, 1.807) is 6.92 Å². The minimum Gasteiger partial charge on any atom is -0.467 e. The average Bonchev–Trinajstić information content (AvgIpc) is 2.64. The van der Waals surface area contributed by atoms with Crippen LogP contribution < -0.4 is 21.5 Å². The Morgan fingerprint density at radius 1 is 1.04 bits per heavy atom. The van der Waals surface area contributed by atoms with E-state index < -0.39 is 30.1 Å². The third-order valence-corrected chi connectivity index (χ3v) is 3.36. The van der Waals surface area contributed by atoms with Gasteiger partial charge in [-0.25, -0.2) is 9.59 Å². The highest BCUT2D eigenvalue weighted by atomic mass is 32.1. The maximum absolute atomic E-state index is 11.9. The lowest BCUT2D eigenvalue weighted by molar-refractivity contribution is -0.142. The molecule has 1 rings (SSSR count). The van der Waals surface area contributed by atoms with Crippen molar-refractivity contribution in [3.05, 3.63) is 35.9 Å². The number of esters is 1. The molecule has 0 radical (unpaired) electrons. The zero-order valence-electron chi connectivity index (χ0n) is 14.7. The van der Waals surface area contributed by atoms with Crippen molar-refractivity contribution in [3.63, 3.8) is 0 Å². The van der Waals surface area contributed by atoms with Crippen molar-refractivity contribution in [1.29, 1.82) is 0 Å². The second kappa shape index (κ2) is 10.9. The monoisotopic (exact) mass is 382 g/mol. The van der Waals surface area contributed by atoms with Crippen LogP contribution in [-0.2, 0) is 25.7 Å². The van der Waals surface area contributed by atoms with Gasteiger partial charge >= 0.3 is 12.1 Å². The fourth-order valence-electron chi connectivity index (χ4n) is 1.70. The van der Waals surface area contributed by atoms with Gasteiger partial charge in [-0.05, 0) is 31.6 Å². The molecule has 0 saturated heterocycles. The van der Waals surface area contributed by atoms with Crippen LogP contribution in [0.3, 0.4) is 0 Å². The molecule has 0 aliphatic heterocycles. The Balaban J connectivity index is 2.30. The molecule has 2 amide bonds. The van der Waals surface area contributed by atoms with Crippen LogP contribution in [0.1, 0.15) is 19.4 Å². The molecular formula is C16H22N4O5S. The molecule has 0 heterocycles. The number of ether oxygens (including phenoxy) is 2. The van der Waals surface area contributed by atoms with E-state index in [1.807, 2.05) is 30.3 Å². The number of amides is 2. The molecule has 26 heavy (non-hydrogen) atoms. The normalized spacial score (nSPS) is 12.1. The average molecular weight is 382 g/mol. The van der Waals surface area contributed by atoms with Crippen LogP contribution in [0.2, 0.25) is 0 Å². The minimum atomic E-state index is -0.869. The maximum atomic E-state index is 11.9. The molecule has 0 unspecified atom stereocenters. The van der Waals surface area contributed by atoms with Gasteiger partial charge in [0, 0.05) is 0 Å². The molecule has 1 aromatic carbocycles. The van der Waals surface area contributed by atoms with Gasteiger partial charge in [0.1, 0.15) is 18.7 Å². The number of hydrogen-bond donors (Lipinski definition) is 4. The molecular weight excluding hydrogens is 360 g/mol. The standard InChI is InChI=1S/C16H22N4O5S/c1-10(18-16(23)25-9-12-7-5-4-6-8-12)13(21)19-20-15(26)17-11(2)14(22)24-3/h4-8,10-11H,9H2,1-3H3,(H,18,23)(H,19,21)(H2,17,20,26)/t10-,11+/m0/s1. The van der Waals surface area contributed by atoms with Gasteiger partial charge < -0.3 is 20.1 Å². The quantitative estimate of drug-likeness (QED) is 0.316. The van der Waals surface area contributed by atoms with Gasteiger partial charge in [0.15, 0.2) is 5.11 Å². The number of carbonyl (C=O) groups excluding carboxylic acids is 3. The first kappa shape index (κ1) is 21.2. The van der Waals surface area contributed by atoms with Crippen LogP contribution in [-0.4, -0.2) is 42.3 Å². The number of thiocarbonyl (C=S) groups is 1. The van der Waals surface area contributed by atoms with Crippen LogP contribution in [0.5, 0.6) is 0 Å². The molecule has 2 atom stereocenters. The highest BCUT2D eigenvalue weighted by Crippen LogP contribution is 2.00. The number of hydrazine groups is 1. The van der Waals surface area contributed by atoms with Crippen molar-refractivity contribution < 1.29 is 23.9 Å². The lowest BCUT2D eigenvalue weighted by Crippen LogP contribution is -2.55.